The molecule has 3 nitrogen and oxygen atoms in total. The van der Waals surface area contributed by atoms with Gasteiger partial charge in [0.15, 0.2) is 0 Å². The highest BCUT2D eigenvalue weighted by Crippen LogP contribution is 2.50. The molecular weight excluding hydrogens is 240 g/mol. The van der Waals surface area contributed by atoms with Gasteiger partial charge in [-0.3, -0.25) is 4.79 Å². The van der Waals surface area contributed by atoms with Gasteiger partial charge in [-0.1, -0.05) is 26.0 Å². The second-order valence-electron chi connectivity index (χ2n) is 6.62. The third-order valence-corrected chi connectivity index (χ3v) is 4.90. The monoisotopic (exact) mass is 266 g/mol. The molecule has 4 atom stereocenters. The van der Waals surface area contributed by atoms with Crippen LogP contribution in [0.15, 0.2) is 12.2 Å². The lowest BCUT2D eigenvalue weighted by molar-refractivity contribution is -0.134. The standard InChI is InChI=1S/C16H26O3/c1-11(2)14(9-19-10-18-4)13-8-16(3)6-5-12(13)7-15(16)17/h5-6,11-14H,7-10H2,1-4H3/t12-,13-,14+,16+/m0/s1. The van der Waals surface area contributed by atoms with E-state index in [0.29, 0.717) is 42.7 Å². The number of ketones is 1. The van der Waals surface area contributed by atoms with Crippen molar-refractivity contribution in [3.05, 3.63) is 12.2 Å². The largest absolute Gasteiger partial charge is 0.359 e. The Hall–Kier alpha value is -0.670. The lowest BCUT2D eigenvalue weighted by Gasteiger charge is -2.47. The molecular formula is C16H26O3. The third kappa shape index (κ3) is 2.92. The van der Waals surface area contributed by atoms with Crippen molar-refractivity contribution in [1.29, 1.82) is 0 Å². The van der Waals surface area contributed by atoms with Crippen LogP contribution in [0.1, 0.15) is 33.6 Å². The van der Waals surface area contributed by atoms with E-state index < -0.39 is 0 Å². The molecule has 0 radical (unpaired) electrons. The molecule has 3 rings (SSSR count). The van der Waals surface area contributed by atoms with Crippen LogP contribution in [-0.4, -0.2) is 26.3 Å². The molecule has 0 aliphatic heterocycles. The van der Waals surface area contributed by atoms with Crippen LogP contribution >= 0.6 is 0 Å². The molecule has 1 fully saturated rings. The molecule has 0 saturated heterocycles. The molecule has 0 amide bonds. The summed E-state index contributed by atoms with van der Waals surface area (Å²) in [5.41, 5.74) is -0.228. The van der Waals surface area contributed by atoms with E-state index in [4.69, 9.17) is 9.47 Å². The van der Waals surface area contributed by atoms with Gasteiger partial charge in [0.25, 0.3) is 0 Å². The fourth-order valence-corrected chi connectivity index (χ4v) is 3.61. The average Bonchev–Trinajstić information content (AvgIpc) is 2.36. The van der Waals surface area contributed by atoms with Gasteiger partial charge >= 0.3 is 0 Å². The molecule has 19 heavy (non-hydrogen) atoms. The maximum absolute atomic E-state index is 12.1. The van der Waals surface area contributed by atoms with Crippen LogP contribution in [0.3, 0.4) is 0 Å². The van der Waals surface area contributed by atoms with Crippen molar-refractivity contribution in [1.82, 2.24) is 0 Å². The first-order chi connectivity index (χ1) is 8.98. The number of hydrogen-bond acceptors (Lipinski definition) is 3. The summed E-state index contributed by atoms with van der Waals surface area (Å²) in [6, 6.07) is 0. The highest BCUT2D eigenvalue weighted by Gasteiger charge is 2.48. The lowest BCUT2D eigenvalue weighted by Crippen LogP contribution is -2.46. The minimum atomic E-state index is -0.228. The number of hydrogen-bond donors (Lipinski definition) is 0. The maximum Gasteiger partial charge on any atom is 0.146 e. The van der Waals surface area contributed by atoms with Gasteiger partial charge in [-0.15, -0.1) is 0 Å². The SMILES string of the molecule is COCOC[C@H](C(C)C)[C@H]1C[C@@]2(C)C=C[C@H]1CC2=O. The van der Waals surface area contributed by atoms with E-state index >= 15 is 0 Å². The Morgan fingerprint density at radius 1 is 1.47 bits per heavy atom. The molecule has 0 N–H and O–H groups in total. The molecule has 0 spiro atoms. The van der Waals surface area contributed by atoms with Crippen LogP contribution in [0.25, 0.3) is 0 Å². The number of methoxy groups -OCH3 is 1. The molecule has 108 valence electrons. The number of rotatable bonds is 6. The minimum absolute atomic E-state index is 0.228. The zero-order valence-corrected chi connectivity index (χ0v) is 12.5. The van der Waals surface area contributed by atoms with Crippen molar-refractivity contribution in [2.75, 3.05) is 20.5 Å². The van der Waals surface area contributed by atoms with Gasteiger partial charge in [0.05, 0.1) is 6.61 Å². The normalized spacial score (nSPS) is 35.1. The predicted molar refractivity (Wildman–Crippen MR) is 74.6 cm³/mol. The lowest BCUT2D eigenvalue weighted by atomic mass is 9.56. The van der Waals surface area contributed by atoms with E-state index in [1.54, 1.807) is 7.11 Å². The van der Waals surface area contributed by atoms with Gasteiger partial charge in [0, 0.05) is 18.9 Å². The summed E-state index contributed by atoms with van der Waals surface area (Å²) in [4.78, 5) is 12.1. The zero-order valence-electron chi connectivity index (χ0n) is 12.5. The Morgan fingerprint density at radius 2 is 2.21 bits per heavy atom. The van der Waals surface area contributed by atoms with Crippen LogP contribution in [0, 0.1) is 29.1 Å². The van der Waals surface area contributed by atoms with Crippen LogP contribution in [0.5, 0.6) is 0 Å². The summed E-state index contributed by atoms with van der Waals surface area (Å²) >= 11 is 0. The third-order valence-electron chi connectivity index (χ3n) is 4.90. The fraction of sp³-hybridized carbons (Fsp3) is 0.812. The number of carbonyl (C=O) groups is 1. The molecule has 0 aromatic carbocycles. The van der Waals surface area contributed by atoms with Crippen molar-refractivity contribution in [3.63, 3.8) is 0 Å². The summed E-state index contributed by atoms with van der Waals surface area (Å²) in [5, 5.41) is 0. The molecule has 0 unspecified atom stereocenters. The quantitative estimate of drug-likeness (QED) is 0.421. The fourth-order valence-electron chi connectivity index (χ4n) is 3.61. The first kappa shape index (κ1) is 14.7. The number of ether oxygens (including phenoxy) is 2. The summed E-state index contributed by atoms with van der Waals surface area (Å²) in [5.74, 6) is 2.44. The molecule has 1 saturated carbocycles. The summed E-state index contributed by atoms with van der Waals surface area (Å²) < 4.78 is 10.6. The van der Waals surface area contributed by atoms with Gasteiger partial charge < -0.3 is 9.47 Å². The highest BCUT2D eigenvalue weighted by molar-refractivity contribution is 5.88. The number of Topliss-reactive ketones (excluding diaryl/α,β-unsaturated/α-hetero) is 1. The minimum Gasteiger partial charge on any atom is -0.359 e. The molecule has 2 bridgehead atoms. The van der Waals surface area contributed by atoms with E-state index in [9.17, 15) is 4.79 Å². The van der Waals surface area contributed by atoms with Crippen LogP contribution in [-0.2, 0) is 14.3 Å². The Morgan fingerprint density at radius 3 is 2.74 bits per heavy atom. The number of allylic oxidation sites excluding steroid dienone is 2. The highest BCUT2D eigenvalue weighted by atomic mass is 16.7. The Kier molecular flexibility index (Phi) is 4.46. The van der Waals surface area contributed by atoms with E-state index in [1.165, 1.54) is 0 Å². The summed E-state index contributed by atoms with van der Waals surface area (Å²) in [6.07, 6.45) is 6.09. The first-order valence-corrected chi connectivity index (χ1v) is 7.27. The van der Waals surface area contributed by atoms with Crippen LogP contribution in [0.4, 0.5) is 0 Å². The Balaban J connectivity index is 2.07. The van der Waals surface area contributed by atoms with Crippen molar-refractivity contribution in [3.8, 4) is 0 Å². The summed E-state index contributed by atoms with van der Waals surface area (Å²) in [7, 11) is 1.65. The molecule has 3 heteroatoms. The van der Waals surface area contributed by atoms with Crippen molar-refractivity contribution in [2.45, 2.75) is 33.6 Å². The number of fused-ring (bicyclic) bond motifs is 2. The Bertz CT molecular complexity index is 361. The molecule has 0 heterocycles. The van der Waals surface area contributed by atoms with Crippen molar-refractivity contribution in [2.24, 2.45) is 29.1 Å². The molecule has 3 aliphatic rings. The van der Waals surface area contributed by atoms with Gasteiger partial charge in [-0.2, -0.15) is 0 Å². The molecule has 0 aromatic rings. The van der Waals surface area contributed by atoms with Crippen LogP contribution in [0.2, 0.25) is 0 Å². The first-order valence-electron chi connectivity index (χ1n) is 7.27. The molecule has 0 aromatic heterocycles. The van der Waals surface area contributed by atoms with E-state index in [1.807, 2.05) is 0 Å². The van der Waals surface area contributed by atoms with Gasteiger partial charge in [0.1, 0.15) is 12.6 Å². The van der Waals surface area contributed by atoms with Crippen LogP contribution < -0.4 is 0 Å². The number of carbonyl (C=O) groups excluding carboxylic acids is 1. The Labute approximate surface area is 116 Å². The van der Waals surface area contributed by atoms with E-state index in [-0.39, 0.29) is 5.41 Å². The van der Waals surface area contributed by atoms with Gasteiger partial charge in [-0.25, -0.2) is 0 Å². The predicted octanol–water partition coefficient (Wildman–Crippen LogP) is 3.05. The second-order valence-corrected chi connectivity index (χ2v) is 6.62. The van der Waals surface area contributed by atoms with Crippen molar-refractivity contribution < 1.29 is 14.3 Å². The van der Waals surface area contributed by atoms with Gasteiger partial charge in [0.2, 0.25) is 0 Å². The molecule has 3 aliphatic carbocycles. The topological polar surface area (TPSA) is 35.5 Å². The average molecular weight is 266 g/mol. The smallest absolute Gasteiger partial charge is 0.146 e. The zero-order chi connectivity index (χ0) is 14.0. The summed E-state index contributed by atoms with van der Waals surface area (Å²) in [6.45, 7) is 7.66. The van der Waals surface area contributed by atoms with E-state index in [2.05, 4.69) is 32.9 Å². The van der Waals surface area contributed by atoms with E-state index in [0.717, 1.165) is 13.0 Å². The van der Waals surface area contributed by atoms with Crippen molar-refractivity contribution >= 4 is 5.78 Å². The second kappa shape index (κ2) is 5.76. The maximum atomic E-state index is 12.1. The van der Waals surface area contributed by atoms with Gasteiger partial charge in [-0.05, 0) is 37.0 Å².